The molecule has 0 bridgehead atoms. The Kier molecular flexibility index (Phi) is 5.14. The Hall–Kier alpha value is -1.52. The molecule has 1 aromatic rings. The third-order valence-electron chi connectivity index (χ3n) is 3.42. The molecule has 2 heterocycles. The lowest BCUT2D eigenvalue weighted by atomic mass is 9.97. The van der Waals surface area contributed by atoms with E-state index in [1.165, 1.54) is 17.6 Å². The first kappa shape index (κ1) is 16.8. The highest BCUT2D eigenvalue weighted by molar-refractivity contribution is 7.88. The molecule has 1 aromatic heterocycles. The third kappa shape index (κ3) is 4.02. The Morgan fingerprint density at radius 2 is 2.05 bits per heavy atom. The minimum absolute atomic E-state index is 0.209. The van der Waals surface area contributed by atoms with Crippen LogP contribution in [0.5, 0.6) is 0 Å². The highest BCUT2D eigenvalue weighted by atomic mass is 32.2. The number of rotatable bonds is 4. The van der Waals surface area contributed by atoms with Crippen molar-refractivity contribution in [1.82, 2.24) is 9.29 Å². The van der Waals surface area contributed by atoms with Gasteiger partial charge >= 0.3 is 5.97 Å². The van der Waals surface area contributed by atoms with Crippen LogP contribution in [0.25, 0.3) is 0 Å². The van der Waals surface area contributed by atoms with Gasteiger partial charge in [0, 0.05) is 19.0 Å². The molecule has 1 N–H and O–H groups in total. The van der Waals surface area contributed by atoms with Crippen LogP contribution < -0.4 is 5.32 Å². The van der Waals surface area contributed by atoms with Gasteiger partial charge in [-0.3, -0.25) is 4.79 Å². The summed E-state index contributed by atoms with van der Waals surface area (Å²) in [5.41, 5.74) is 0. The lowest BCUT2D eigenvalue weighted by molar-refractivity contribution is -0.120. The van der Waals surface area contributed by atoms with Gasteiger partial charge in [0.25, 0.3) is 0 Å². The van der Waals surface area contributed by atoms with Crippen molar-refractivity contribution < 1.29 is 22.7 Å². The number of sulfonamides is 1. The highest BCUT2D eigenvalue weighted by Gasteiger charge is 2.29. The summed E-state index contributed by atoms with van der Waals surface area (Å²) in [6, 6.07) is 0. The number of esters is 1. The standard InChI is InChI=1S/C12H17N3O5S2/c1-20-11(17)9-7-13-12(21-9)14-10(16)8-3-5-15(6-4-8)22(2,18)19/h7-8H,3-6H2,1-2H3,(H,13,14,16). The van der Waals surface area contributed by atoms with Crippen LogP contribution in [-0.2, 0) is 19.6 Å². The molecule has 0 spiro atoms. The molecule has 1 amide bonds. The fourth-order valence-corrected chi connectivity index (χ4v) is 3.80. The number of piperidine rings is 1. The van der Waals surface area contributed by atoms with E-state index in [2.05, 4.69) is 15.0 Å². The first-order valence-electron chi connectivity index (χ1n) is 6.61. The van der Waals surface area contributed by atoms with Crippen LogP contribution >= 0.6 is 11.3 Å². The normalized spacial score (nSPS) is 17.2. The van der Waals surface area contributed by atoms with E-state index >= 15 is 0 Å². The molecule has 1 aliphatic rings. The molecule has 10 heteroatoms. The van der Waals surface area contributed by atoms with E-state index in [-0.39, 0.29) is 11.8 Å². The number of methoxy groups -OCH3 is 1. The van der Waals surface area contributed by atoms with Crippen molar-refractivity contribution in [3.8, 4) is 0 Å². The lowest BCUT2D eigenvalue weighted by Gasteiger charge is -2.29. The number of hydrogen-bond donors (Lipinski definition) is 1. The molecule has 8 nitrogen and oxygen atoms in total. The van der Waals surface area contributed by atoms with Gasteiger partial charge in [0.1, 0.15) is 4.88 Å². The SMILES string of the molecule is COC(=O)c1cnc(NC(=O)C2CCN(S(C)(=O)=O)CC2)s1. The minimum Gasteiger partial charge on any atom is -0.465 e. The Labute approximate surface area is 132 Å². The number of hydrogen-bond acceptors (Lipinski definition) is 7. The van der Waals surface area contributed by atoms with Gasteiger partial charge in [-0.1, -0.05) is 11.3 Å². The molecule has 0 aromatic carbocycles. The summed E-state index contributed by atoms with van der Waals surface area (Å²) >= 11 is 1.04. The van der Waals surface area contributed by atoms with Crippen LogP contribution in [-0.4, -0.2) is 56.0 Å². The van der Waals surface area contributed by atoms with Crippen molar-refractivity contribution in [3.05, 3.63) is 11.1 Å². The number of carbonyl (C=O) groups is 2. The van der Waals surface area contributed by atoms with Crippen molar-refractivity contribution >= 4 is 38.4 Å². The number of nitrogens with zero attached hydrogens (tertiary/aromatic N) is 2. The molecule has 0 atom stereocenters. The van der Waals surface area contributed by atoms with Crippen LogP contribution in [0.15, 0.2) is 6.20 Å². The van der Waals surface area contributed by atoms with Crippen LogP contribution in [0.2, 0.25) is 0 Å². The Morgan fingerprint density at radius 1 is 1.41 bits per heavy atom. The summed E-state index contributed by atoms with van der Waals surface area (Å²) in [6.07, 6.45) is 3.44. The smallest absolute Gasteiger partial charge is 0.349 e. The summed E-state index contributed by atoms with van der Waals surface area (Å²) in [5.74, 6) is -0.971. The quantitative estimate of drug-likeness (QED) is 0.797. The van der Waals surface area contributed by atoms with Crippen molar-refractivity contribution in [2.75, 3.05) is 31.8 Å². The summed E-state index contributed by atoms with van der Waals surface area (Å²) in [7, 11) is -1.93. The predicted molar refractivity (Wildman–Crippen MR) is 81.2 cm³/mol. The second kappa shape index (κ2) is 6.71. The zero-order valence-corrected chi connectivity index (χ0v) is 13.9. The first-order valence-corrected chi connectivity index (χ1v) is 9.28. The van der Waals surface area contributed by atoms with Gasteiger partial charge in [-0.2, -0.15) is 0 Å². The number of aromatic nitrogens is 1. The van der Waals surface area contributed by atoms with Crippen LogP contribution in [0.1, 0.15) is 22.5 Å². The van der Waals surface area contributed by atoms with E-state index in [4.69, 9.17) is 0 Å². The average molecular weight is 347 g/mol. The highest BCUT2D eigenvalue weighted by Crippen LogP contribution is 2.23. The van der Waals surface area contributed by atoms with E-state index in [0.717, 1.165) is 17.6 Å². The molecule has 0 radical (unpaired) electrons. The van der Waals surface area contributed by atoms with Gasteiger partial charge in [-0.15, -0.1) is 0 Å². The van der Waals surface area contributed by atoms with Crippen molar-refractivity contribution in [2.24, 2.45) is 5.92 Å². The second-order valence-electron chi connectivity index (χ2n) is 4.95. The zero-order chi connectivity index (χ0) is 16.3. The maximum Gasteiger partial charge on any atom is 0.349 e. The maximum absolute atomic E-state index is 12.1. The van der Waals surface area contributed by atoms with Crippen molar-refractivity contribution in [3.63, 3.8) is 0 Å². The molecular formula is C12H17N3O5S2. The third-order valence-corrected chi connectivity index (χ3v) is 5.61. The van der Waals surface area contributed by atoms with Crippen molar-refractivity contribution in [2.45, 2.75) is 12.8 Å². The van der Waals surface area contributed by atoms with Gasteiger partial charge < -0.3 is 10.1 Å². The molecule has 0 unspecified atom stereocenters. The predicted octanol–water partition coefficient (Wildman–Crippen LogP) is 0.540. The summed E-state index contributed by atoms with van der Waals surface area (Å²) in [6.45, 7) is 0.671. The van der Waals surface area contributed by atoms with E-state index < -0.39 is 16.0 Å². The van der Waals surface area contributed by atoms with Gasteiger partial charge in [0.2, 0.25) is 15.9 Å². The molecule has 122 valence electrons. The number of carbonyl (C=O) groups excluding carboxylic acids is 2. The van der Waals surface area contributed by atoms with Crippen LogP contribution in [0.3, 0.4) is 0 Å². The van der Waals surface area contributed by atoms with E-state index in [0.29, 0.717) is 35.9 Å². The lowest BCUT2D eigenvalue weighted by Crippen LogP contribution is -2.40. The fraction of sp³-hybridized carbons (Fsp3) is 0.583. The van der Waals surface area contributed by atoms with Gasteiger partial charge in [-0.05, 0) is 12.8 Å². The summed E-state index contributed by atoms with van der Waals surface area (Å²) in [5, 5.41) is 2.99. The largest absolute Gasteiger partial charge is 0.465 e. The fourth-order valence-electron chi connectivity index (χ4n) is 2.18. The Morgan fingerprint density at radius 3 is 2.59 bits per heavy atom. The number of amides is 1. The topological polar surface area (TPSA) is 106 Å². The molecule has 0 saturated carbocycles. The molecule has 1 fully saturated rings. The molecule has 1 aliphatic heterocycles. The van der Waals surface area contributed by atoms with Crippen molar-refractivity contribution in [1.29, 1.82) is 0 Å². The molecule has 1 saturated heterocycles. The number of nitrogens with one attached hydrogen (secondary N) is 1. The van der Waals surface area contributed by atoms with Crippen LogP contribution in [0.4, 0.5) is 5.13 Å². The zero-order valence-electron chi connectivity index (χ0n) is 12.2. The average Bonchev–Trinajstić information content (AvgIpc) is 2.94. The number of anilines is 1. The number of ether oxygens (including phenoxy) is 1. The van der Waals surface area contributed by atoms with E-state index in [9.17, 15) is 18.0 Å². The van der Waals surface area contributed by atoms with E-state index in [1.807, 2.05) is 0 Å². The first-order chi connectivity index (χ1) is 10.3. The molecule has 0 aliphatic carbocycles. The van der Waals surface area contributed by atoms with Gasteiger partial charge in [-0.25, -0.2) is 22.5 Å². The molecule has 22 heavy (non-hydrogen) atoms. The molecular weight excluding hydrogens is 330 g/mol. The van der Waals surface area contributed by atoms with Gasteiger partial charge in [0.15, 0.2) is 5.13 Å². The Balaban J connectivity index is 1.91. The summed E-state index contributed by atoms with van der Waals surface area (Å²) in [4.78, 5) is 27.7. The second-order valence-corrected chi connectivity index (χ2v) is 7.96. The van der Waals surface area contributed by atoms with Crippen LogP contribution in [0, 0.1) is 5.92 Å². The molecule has 2 rings (SSSR count). The maximum atomic E-state index is 12.1. The van der Waals surface area contributed by atoms with Gasteiger partial charge in [0.05, 0.1) is 19.6 Å². The minimum atomic E-state index is -3.20. The monoisotopic (exact) mass is 347 g/mol. The number of thiazole rings is 1. The van der Waals surface area contributed by atoms with E-state index in [1.54, 1.807) is 0 Å². The Bertz CT molecular complexity index is 662. The summed E-state index contributed by atoms with van der Waals surface area (Å²) < 4.78 is 28.8.